The van der Waals surface area contributed by atoms with E-state index < -0.39 is 0 Å². The molecule has 0 spiro atoms. The van der Waals surface area contributed by atoms with Crippen LogP contribution in [0, 0.1) is 31.1 Å². The number of carbonyl (C=O) groups is 1. The maximum atomic E-state index is 12.7. The first-order valence-electron chi connectivity index (χ1n) is 11.5. The summed E-state index contributed by atoms with van der Waals surface area (Å²) in [6, 6.07) is 8.40. The van der Waals surface area contributed by atoms with E-state index in [1.807, 2.05) is 37.5 Å². The summed E-state index contributed by atoms with van der Waals surface area (Å²) in [6.45, 7) is 9.32. The number of carbonyl (C=O) groups excluding carboxylic acids is 1. The number of amides is 1. The van der Waals surface area contributed by atoms with Gasteiger partial charge < -0.3 is 14.6 Å². The van der Waals surface area contributed by atoms with Gasteiger partial charge in [0.1, 0.15) is 23.4 Å². The zero-order valence-electron chi connectivity index (χ0n) is 20.0. The Balaban J connectivity index is 1.38. The number of nitriles is 1. The molecule has 178 valence electrons. The van der Waals surface area contributed by atoms with Crippen LogP contribution in [0.5, 0.6) is 5.75 Å². The number of nitrogens with zero attached hydrogens (tertiary/aromatic N) is 4. The average molecular weight is 496 g/mol. The molecule has 3 aromatic rings. The van der Waals surface area contributed by atoms with Crippen LogP contribution in [0.4, 0.5) is 5.00 Å². The number of hydrogen-bond donors (Lipinski definition) is 1. The molecule has 0 bridgehead atoms. The third-order valence-electron chi connectivity index (χ3n) is 5.88. The lowest BCUT2D eigenvalue weighted by Gasteiger charge is -2.17. The summed E-state index contributed by atoms with van der Waals surface area (Å²) < 4.78 is 7.91. The van der Waals surface area contributed by atoms with Crippen LogP contribution in [0.25, 0.3) is 0 Å². The highest BCUT2D eigenvalue weighted by Crippen LogP contribution is 2.39. The van der Waals surface area contributed by atoms with Crippen LogP contribution in [0.2, 0.25) is 0 Å². The minimum absolute atomic E-state index is 0.146. The summed E-state index contributed by atoms with van der Waals surface area (Å²) in [5, 5.41) is 22.5. The molecule has 0 aliphatic heterocycles. The molecule has 9 heteroatoms. The minimum atomic E-state index is -0.146. The Morgan fingerprint density at radius 3 is 2.79 bits per heavy atom. The Hall–Kier alpha value is -2.83. The monoisotopic (exact) mass is 495 g/mol. The number of ether oxygens (including phenoxy) is 1. The van der Waals surface area contributed by atoms with Crippen LogP contribution in [0.1, 0.15) is 53.2 Å². The molecule has 34 heavy (non-hydrogen) atoms. The highest BCUT2D eigenvalue weighted by atomic mass is 32.2. The van der Waals surface area contributed by atoms with Crippen molar-refractivity contribution in [2.45, 2.75) is 65.3 Å². The van der Waals surface area contributed by atoms with Gasteiger partial charge in [0.25, 0.3) is 0 Å². The number of hydrogen-bond acceptors (Lipinski definition) is 7. The Kier molecular flexibility index (Phi) is 7.59. The molecule has 0 saturated heterocycles. The molecule has 0 fully saturated rings. The zero-order chi connectivity index (χ0) is 24.2. The molecule has 1 unspecified atom stereocenters. The van der Waals surface area contributed by atoms with Gasteiger partial charge in [-0.15, -0.1) is 21.5 Å². The molecular formula is C25H29N5O2S2. The molecule has 4 rings (SSSR count). The van der Waals surface area contributed by atoms with Gasteiger partial charge in [0.15, 0.2) is 11.0 Å². The Labute approximate surface area is 208 Å². The molecule has 1 N–H and O–H groups in total. The number of aromatic nitrogens is 3. The van der Waals surface area contributed by atoms with E-state index in [4.69, 9.17) is 4.74 Å². The summed E-state index contributed by atoms with van der Waals surface area (Å²) in [6.07, 6.45) is 2.98. The van der Waals surface area contributed by atoms with Gasteiger partial charge in [-0.3, -0.25) is 4.79 Å². The molecule has 1 aliphatic rings. The van der Waals surface area contributed by atoms with Gasteiger partial charge in [-0.25, -0.2) is 0 Å². The predicted octanol–water partition coefficient (Wildman–Crippen LogP) is 5.28. The van der Waals surface area contributed by atoms with Crippen LogP contribution in [0.3, 0.4) is 0 Å². The first kappa shape index (κ1) is 24.3. The number of nitrogens with one attached hydrogen (secondary N) is 1. The van der Waals surface area contributed by atoms with Gasteiger partial charge in [-0.2, -0.15) is 5.26 Å². The SMILES string of the molecule is CCn1c(COc2cc(C)cc(C)c2)nnc1SCC(=O)Nc1sc2c(c1C#N)CCC(C)C2. The molecule has 2 aromatic heterocycles. The Morgan fingerprint density at radius 2 is 2.09 bits per heavy atom. The van der Waals surface area contributed by atoms with Crippen LogP contribution >= 0.6 is 23.1 Å². The van der Waals surface area contributed by atoms with Crippen molar-refractivity contribution in [2.24, 2.45) is 5.92 Å². The molecule has 1 aromatic carbocycles. The van der Waals surface area contributed by atoms with E-state index in [-0.39, 0.29) is 11.7 Å². The van der Waals surface area contributed by atoms with Crippen molar-refractivity contribution in [2.75, 3.05) is 11.1 Å². The smallest absolute Gasteiger partial charge is 0.235 e. The fourth-order valence-corrected chi connectivity index (χ4v) is 6.46. The number of rotatable bonds is 8. The third kappa shape index (κ3) is 5.45. The summed E-state index contributed by atoms with van der Waals surface area (Å²) in [5.41, 5.74) is 4.05. The largest absolute Gasteiger partial charge is 0.486 e. The first-order chi connectivity index (χ1) is 16.4. The van der Waals surface area contributed by atoms with Crippen LogP contribution in [-0.4, -0.2) is 26.4 Å². The molecule has 0 radical (unpaired) electrons. The van der Waals surface area contributed by atoms with Crippen LogP contribution in [-0.2, 0) is 30.8 Å². The summed E-state index contributed by atoms with van der Waals surface area (Å²) in [4.78, 5) is 13.9. The van der Waals surface area contributed by atoms with E-state index in [1.54, 1.807) is 11.3 Å². The number of anilines is 1. The van der Waals surface area contributed by atoms with Gasteiger partial charge in [0.2, 0.25) is 5.91 Å². The number of fused-ring (bicyclic) bond motifs is 1. The summed E-state index contributed by atoms with van der Waals surface area (Å²) >= 11 is 2.88. The van der Waals surface area contributed by atoms with Crippen molar-refractivity contribution in [1.82, 2.24) is 14.8 Å². The van der Waals surface area contributed by atoms with Crippen molar-refractivity contribution < 1.29 is 9.53 Å². The number of benzene rings is 1. The van der Waals surface area contributed by atoms with E-state index in [2.05, 4.69) is 34.6 Å². The van der Waals surface area contributed by atoms with Crippen molar-refractivity contribution in [1.29, 1.82) is 5.26 Å². The molecule has 1 aliphatic carbocycles. The summed E-state index contributed by atoms with van der Waals surface area (Å²) in [7, 11) is 0. The van der Waals surface area contributed by atoms with E-state index in [0.717, 1.165) is 47.5 Å². The zero-order valence-corrected chi connectivity index (χ0v) is 21.6. The third-order valence-corrected chi connectivity index (χ3v) is 8.02. The molecule has 0 saturated carbocycles. The minimum Gasteiger partial charge on any atom is -0.486 e. The maximum absolute atomic E-state index is 12.7. The van der Waals surface area contributed by atoms with Crippen molar-refractivity contribution in [3.63, 3.8) is 0 Å². The average Bonchev–Trinajstić information content (AvgIpc) is 3.34. The predicted molar refractivity (Wildman–Crippen MR) is 136 cm³/mol. The van der Waals surface area contributed by atoms with E-state index in [0.29, 0.717) is 34.8 Å². The second-order valence-corrected chi connectivity index (χ2v) is 10.8. The second kappa shape index (κ2) is 10.6. The fourth-order valence-electron chi connectivity index (χ4n) is 4.26. The standard InChI is InChI=1S/C25H29N5O2S2/c1-5-30-22(13-32-18-9-16(3)8-17(4)10-18)28-29-25(30)33-14-23(31)27-24-20(12-26)19-7-6-15(2)11-21(19)34-24/h8-10,15H,5-7,11,13-14H2,1-4H3,(H,27,31). The quantitative estimate of drug-likeness (QED) is 0.427. The van der Waals surface area contributed by atoms with Crippen molar-refractivity contribution >= 4 is 34.0 Å². The number of thiophene rings is 1. The van der Waals surface area contributed by atoms with Gasteiger partial charge in [-0.1, -0.05) is 24.8 Å². The van der Waals surface area contributed by atoms with Crippen molar-refractivity contribution in [3.05, 3.63) is 51.2 Å². The topological polar surface area (TPSA) is 92.8 Å². The Morgan fingerprint density at radius 1 is 1.32 bits per heavy atom. The molecule has 1 atom stereocenters. The number of thioether (sulfide) groups is 1. The van der Waals surface area contributed by atoms with Crippen molar-refractivity contribution in [3.8, 4) is 11.8 Å². The van der Waals surface area contributed by atoms with E-state index in [9.17, 15) is 10.1 Å². The molecular weight excluding hydrogens is 466 g/mol. The molecule has 2 heterocycles. The normalized spacial score (nSPS) is 15.0. The van der Waals surface area contributed by atoms with E-state index in [1.165, 1.54) is 16.6 Å². The van der Waals surface area contributed by atoms with Gasteiger partial charge in [0.05, 0.1) is 11.3 Å². The lowest BCUT2D eigenvalue weighted by atomic mass is 9.89. The summed E-state index contributed by atoms with van der Waals surface area (Å²) in [5.74, 6) is 2.19. The first-order valence-corrected chi connectivity index (χ1v) is 13.3. The number of aryl methyl sites for hydroxylation is 2. The van der Waals surface area contributed by atoms with Gasteiger partial charge in [-0.05, 0) is 74.8 Å². The highest BCUT2D eigenvalue weighted by molar-refractivity contribution is 7.99. The van der Waals surface area contributed by atoms with Crippen LogP contribution < -0.4 is 10.1 Å². The lowest BCUT2D eigenvalue weighted by molar-refractivity contribution is -0.113. The molecule has 7 nitrogen and oxygen atoms in total. The van der Waals surface area contributed by atoms with E-state index >= 15 is 0 Å². The Bertz CT molecular complexity index is 1220. The lowest BCUT2D eigenvalue weighted by Crippen LogP contribution is -2.15. The van der Waals surface area contributed by atoms with Gasteiger partial charge in [0, 0.05) is 11.4 Å². The van der Waals surface area contributed by atoms with Crippen LogP contribution in [0.15, 0.2) is 23.4 Å². The van der Waals surface area contributed by atoms with Gasteiger partial charge >= 0.3 is 0 Å². The highest BCUT2D eigenvalue weighted by Gasteiger charge is 2.25. The second-order valence-electron chi connectivity index (χ2n) is 8.76. The molecule has 1 amide bonds. The fraction of sp³-hybridized carbons (Fsp3) is 0.440. The maximum Gasteiger partial charge on any atom is 0.235 e.